The van der Waals surface area contributed by atoms with Crippen LogP contribution in [0.1, 0.15) is 28.3 Å². The lowest BCUT2D eigenvalue weighted by Gasteiger charge is -2.22. The molecule has 0 aliphatic heterocycles. The molecule has 0 aromatic heterocycles. The maximum atomic E-state index is 11.6. The Bertz CT molecular complexity index is 1430. The van der Waals surface area contributed by atoms with Gasteiger partial charge in [0.15, 0.2) is 0 Å². The first-order valence-electron chi connectivity index (χ1n) is 12.8. The van der Waals surface area contributed by atoms with Crippen LogP contribution < -0.4 is 14.8 Å². The minimum Gasteiger partial charge on any atom is -0.506 e. The zero-order valence-electron chi connectivity index (χ0n) is 21.8. The molecule has 4 aromatic rings. The monoisotopic (exact) mass is 546 g/mol. The Balaban J connectivity index is 1.41. The molecule has 0 amide bonds. The Morgan fingerprint density at radius 3 is 2.08 bits per heavy atom. The van der Waals surface area contributed by atoms with Crippen molar-refractivity contribution in [3.63, 3.8) is 0 Å². The first-order valence-corrected chi connectivity index (χ1v) is 14.7. The lowest BCUT2D eigenvalue weighted by atomic mass is 9.98. The Morgan fingerprint density at radius 1 is 0.795 bits per heavy atom. The fourth-order valence-corrected chi connectivity index (χ4v) is 4.87. The molecule has 2 atom stereocenters. The molecule has 0 radical (unpaired) electrons. The predicted octanol–water partition coefficient (Wildman–Crippen LogP) is 4.82. The molecule has 0 heterocycles. The van der Waals surface area contributed by atoms with Gasteiger partial charge in [0.1, 0.15) is 18.1 Å². The van der Waals surface area contributed by atoms with Crippen molar-refractivity contribution >= 4 is 15.7 Å². The maximum Gasteiger partial charge on any atom is 0.229 e. The molecule has 204 valence electrons. The van der Waals surface area contributed by atoms with E-state index in [0.29, 0.717) is 18.7 Å². The molecular weight excluding hydrogens is 512 g/mol. The first kappa shape index (κ1) is 28.2. The third-order valence-corrected chi connectivity index (χ3v) is 6.83. The molecule has 0 saturated carbocycles. The summed E-state index contributed by atoms with van der Waals surface area (Å²) < 4.78 is 31.4. The Kier molecular flexibility index (Phi) is 9.59. The van der Waals surface area contributed by atoms with Crippen LogP contribution in [0.5, 0.6) is 11.5 Å². The summed E-state index contributed by atoms with van der Waals surface area (Å²) >= 11 is 0. The first-order chi connectivity index (χ1) is 18.7. The second kappa shape index (κ2) is 13.3. The van der Waals surface area contributed by atoms with E-state index in [1.54, 1.807) is 6.07 Å². The highest BCUT2D eigenvalue weighted by Gasteiger charge is 2.16. The Hall–Kier alpha value is -3.85. The number of benzene rings is 4. The van der Waals surface area contributed by atoms with Gasteiger partial charge in [0.25, 0.3) is 0 Å². The van der Waals surface area contributed by atoms with Crippen molar-refractivity contribution in [2.24, 2.45) is 0 Å². The van der Waals surface area contributed by atoms with Crippen molar-refractivity contribution in [2.75, 3.05) is 17.5 Å². The molecule has 4 aromatic carbocycles. The number of phenolic OH excluding ortho intramolecular Hbond substituents is 1. The molecular formula is C31H34N2O5S. The van der Waals surface area contributed by atoms with Gasteiger partial charge < -0.3 is 20.3 Å². The number of aliphatic hydroxyl groups is 1. The second-order valence-electron chi connectivity index (χ2n) is 9.58. The molecule has 4 rings (SSSR count). The number of nitrogens with one attached hydrogen (secondary N) is 2. The van der Waals surface area contributed by atoms with E-state index in [9.17, 15) is 18.6 Å². The molecule has 0 aliphatic rings. The van der Waals surface area contributed by atoms with Gasteiger partial charge >= 0.3 is 0 Å². The van der Waals surface area contributed by atoms with Crippen LogP contribution >= 0.6 is 0 Å². The highest BCUT2D eigenvalue weighted by molar-refractivity contribution is 7.92. The average Bonchev–Trinajstić information content (AvgIpc) is 2.92. The van der Waals surface area contributed by atoms with Gasteiger partial charge in [-0.1, -0.05) is 78.9 Å². The number of sulfonamides is 1. The van der Waals surface area contributed by atoms with Gasteiger partial charge in [0.05, 0.1) is 18.0 Å². The predicted molar refractivity (Wildman–Crippen MR) is 154 cm³/mol. The van der Waals surface area contributed by atoms with Crippen molar-refractivity contribution in [1.82, 2.24) is 5.32 Å². The molecule has 0 bridgehead atoms. The van der Waals surface area contributed by atoms with Crippen LogP contribution in [0.4, 0.5) is 5.69 Å². The summed E-state index contributed by atoms with van der Waals surface area (Å²) in [5, 5.41) is 24.3. The minimum atomic E-state index is -3.54. The van der Waals surface area contributed by atoms with E-state index in [1.165, 1.54) is 17.7 Å². The highest BCUT2D eigenvalue weighted by atomic mass is 32.2. The van der Waals surface area contributed by atoms with Crippen molar-refractivity contribution in [1.29, 1.82) is 0 Å². The fraction of sp³-hybridized carbons (Fsp3) is 0.226. The van der Waals surface area contributed by atoms with Crippen LogP contribution in [-0.2, 0) is 29.5 Å². The summed E-state index contributed by atoms with van der Waals surface area (Å²) in [6.07, 6.45) is 1.31. The van der Waals surface area contributed by atoms with E-state index in [0.717, 1.165) is 29.6 Å². The second-order valence-corrected chi connectivity index (χ2v) is 11.3. The molecule has 8 heteroatoms. The minimum absolute atomic E-state index is 0.0486. The molecule has 39 heavy (non-hydrogen) atoms. The largest absolute Gasteiger partial charge is 0.506 e. The number of aromatic hydroxyl groups is 1. The van der Waals surface area contributed by atoms with Gasteiger partial charge in [0.2, 0.25) is 10.0 Å². The normalized spacial score (nSPS) is 13.0. The average molecular weight is 547 g/mol. The van der Waals surface area contributed by atoms with Gasteiger partial charge in [-0.2, -0.15) is 0 Å². The number of ether oxygens (including phenoxy) is 1. The smallest absolute Gasteiger partial charge is 0.229 e. The lowest BCUT2D eigenvalue weighted by Crippen LogP contribution is -2.32. The highest BCUT2D eigenvalue weighted by Crippen LogP contribution is 2.26. The van der Waals surface area contributed by atoms with E-state index in [-0.39, 0.29) is 23.9 Å². The van der Waals surface area contributed by atoms with Crippen molar-refractivity contribution in [2.45, 2.75) is 31.6 Å². The van der Waals surface area contributed by atoms with E-state index in [4.69, 9.17) is 4.74 Å². The molecule has 0 fully saturated rings. The molecule has 0 spiro atoms. The number of hydrogen-bond acceptors (Lipinski definition) is 6. The SMILES string of the molecule is CS(=O)(=O)Nc1cc(CC(O)CNC(Cc2ccccc2)c2ccc(OCc3ccccc3)cc2)ccc1O. The summed E-state index contributed by atoms with van der Waals surface area (Å²) in [5.41, 5.74) is 4.14. The summed E-state index contributed by atoms with van der Waals surface area (Å²) in [4.78, 5) is 0. The third kappa shape index (κ3) is 9.14. The van der Waals surface area contributed by atoms with E-state index in [2.05, 4.69) is 22.2 Å². The van der Waals surface area contributed by atoms with E-state index in [1.807, 2.05) is 72.8 Å². The van der Waals surface area contributed by atoms with Gasteiger partial charge in [-0.05, 0) is 59.4 Å². The quantitative estimate of drug-likeness (QED) is 0.179. The van der Waals surface area contributed by atoms with E-state index < -0.39 is 16.1 Å². The fourth-order valence-electron chi connectivity index (χ4n) is 4.31. The maximum absolute atomic E-state index is 11.6. The molecule has 0 saturated heterocycles. The summed E-state index contributed by atoms with van der Waals surface area (Å²) in [5.74, 6) is 0.614. The lowest BCUT2D eigenvalue weighted by molar-refractivity contribution is 0.167. The number of phenols is 1. The van der Waals surface area contributed by atoms with Crippen LogP contribution in [0.2, 0.25) is 0 Å². The number of aliphatic hydroxyl groups excluding tert-OH is 1. The Labute approximate surface area is 230 Å². The van der Waals surface area contributed by atoms with E-state index >= 15 is 0 Å². The topological polar surface area (TPSA) is 108 Å². The summed E-state index contributed by atoms with van der Waals surface area (Å²) in [6.45, 7) is 0.816. The zero-order chi connectivity index (χ0) is 27.7. The van der Waals surface area contributed by atoms with Crippen molar-refractivity contribution in [3.05, 3.63) is 125 Å². The van der Waals surface area contributed by atoms with Gasteiger partial charge in [-0.3, -0.25) is 4.72 Å². The standard InChI is InChI=1S/C31H34N2O5S/c1-39(36,37)33-30-20-25(12-17-31(30)35)18-27(34)21-32-29(19-23-8-4-2-5-9-23)26-13-15-28(16-14-26)38-22-24-10-6-3-7-11-24/h2-17,20,27,29,32-35H,18-19,21-22H2,1H3. The van der Waals surface area contributed by atoms with Crippen LogP contribution in [0.15, 0.2) is 103 Å². The third-order valence-electron chi connectivity index (χ3n) is 6.24. The van der Waals surface area contributed by atoms with Crippen LogP contribution in [-0.4, -0.2) is 37.5 Å². The Morgan fingerprint density at radius 2 is 1.44 bits per heavy atom. The zero-order valence-corrected chi connectivity index (χ0v) is 22.6. The van der Waals surface area contributed by atoms with Crippen LogP contribution in [0.3, 0.4) is 0 Å². The molecule has 7 nitrogen and oxygen atoms in total. The van der Waals surface area contributed by atoms with Crippen molar-refractivity contribution < 1.29 is 23.4 Å². The van der Waals surface area contributed by atoms with Gasteiger partial charge in [0, 0.05) is 12.6 Å². The number of hydrogen-bond donors (Lipinski definition) is 4. The summed E-state index contributed by atoms with van der Waals surface area (Å²) in [6, 6.07) is 32.7. The van der Waals surface area contributed by atoms with Gasteiger partial charge in [-0.15, -0.1) is 0 Å². The molecule has 4 N–H and O–H groups in total. The number of rotatable bonds is 13. The van der Waals surface area contributed by atoms with Crippen LogP contribution in [0.25, 0.3) is 0 Å². The van der Waals surface area contributed by atoms with Gasteiger partial charge in [-0.25, -0.2) is 8.42 Å². The van der Waals surface area contributed by atoms with Crippen molar-refractivity contribution in [3.8, 4) is 11.5 Å². The molecule has 0 aliphatic carbocycles. The number of anilines is 1. The molecule has 2 unspecified atom stereocenters. The summed E-state index contributed by atoms with van der Waals surface area (Å²) in [7, 11) is -3.54. The van der Waals surface area contributed by atoms with Crippen LogP contribution in [0, 0.1) is 0 Å².